The Hall–Kier alpha value is -0.330. The van der Waals surface area contributed by atoms with E-state index in [9.17, 15) is 8.42 Å². The Balaban J connectivity index is 2.43. The largest absolute Gasteiger partial charge is 0.316 e. The van der Waals surface area contributed by atoms with E-state index in [0.29, 0.717) is 30.6 Å². The molecule has 1 fully saturated rings. The molecule has 20 heavy (non-hydrogen) atoms. The first-order valence-corrected chi connectivity index (χ1v) is 8.68. The van der Waals surface area contributed by atoms with Crippen molar-refractivity contribution in [3.8, 4) is 0 Å². The molecule has 112 valence electrons. The molecule has 1 atom stereocenters. The summed E-state index contributed by atoms with van der Waals surface area (Å²) in [5, 5.41) is 3.61. The summed E-state index contributed by atoms with van der Waals surface area (Å²) in [5.74, 6) is 0.382. The number of sulfonamides is 1. The van der Waals surface area contributed by atoms with Crippen LogP contribution in [0.15, 0.2) is 17.0 Å². The molecule has 0 aromatic heterocycles. The van der Waals surface area contributed by atoms with E-state index < -0.39 is 10.0 Å². The molecule has 1 aliphatic rings. The Kier molecular flexibility index (Phi) is 4.97. The molecule has 4 nitrogen and oxygen atoms in total. The van der Waals surface area contributed by atoms with Crippen LogP contribution in [0.2, 0.25) is 10.0 Å². The summed E-state index contributed by atoms with van der Waals surface area (Å²) in [5.41, 5.74) is 0.726. The molecule has 2 rings (SSSR count). The summed E-state index contributed by atoms with van der Waals surface area (Å²) in [6.07, 6.45) is 0.883. The molecule has 0 bridgehead atoms. The van der Waals surface area contributed by atoms with Crippen molar-refractivity contribution >= 4 is 33.2 Å². The number of nitrogens with zero attached hydrogens (tertiary/aromatic N) is 1. The summed E-state index contributed by atoms with van der Waals surface area (Å²) in [6.45, 7) is 3.63. The molecule has 1 aromatic carbocycles. The normalized spacial score (nSPS) is 20.5. The van der Waals surface area contributed by atoms with Crippen molar-refractivity contribution in [2.45, 2.75) is 24.8 Å². The maximum absolute atomic E-state index is 12.6. The smallest absolute Gasteiger partial charge is 0.244 e. The SMILES string of the molecule is CNCc1cc(S(=O)(=O)N2CCC(C)C2)c(Cl)cc1Cl. The van der Waals surface area contributed by atoms with E-state index in [1.807, 2.05) is 6.92 Å². The fraction of sp³-hybridized carbons (Fsp3) is 0.538. The van der Waals surface area contributed by atoms with E-state index in [-0.39, 0.29) is 9.92 Å². The fourth-order valence-electron chi connectivity index (χ4n) is 2.35. The lowest BCUT2D eigenvalue weighted by atomic mass is 10.2. The number of rotatable bonds is 4. The molecule has 0 radical (unpaired) electrons. The zero-order valence-electron chi connectivity index (χ0n) is 11.5. The lowest BCUT2D eigenvalue weighted by Gasteiger charge is -2.18. The summed E-state index contributed by atoms with van der Waals surface area (Å²) in [7, 11) is -1.77. The zero-order chi connectivity index (χ0) is 14.9. The molecule has 0 amide bonds. The minimum absolute atomic E-state index is 0.142. The van der Waals surface area contributed by atoms with Gasteiger partial charge in [-0.3, -0.25) is 0 Å². The van der Waals surface area contributed by atoms with E-state index in [2.05, 4.69) is 5.32 Å². The number of benzene rings is 1. The molecule has 1 heterocycles. The molecule has 0 spiro atoms. The Labute approximate surface area is 130 Å². The lowest BCUT2D eigenvalue weighted by Crippen LogP contribution is -2.29. The first-order chi connectivity index (χ1) is 9.36. The number of hydrogen-bond donors (Lipinski definition) is 1. The van der Waals surface area contributed by atoms with Crippen LogP contribution >= 0.6 is 23.2 Å². The van der Waals surface area contributed by atoms with Crippen molar-refractivity contribution in [3.63, 3.8) is 0 Å². The second kappa shape index (κ2) is 6.20. The summed E-state index contributed by atoms with van der Waals surface area (Å²) in [6, 6.07) is 3.07. The van der Waals surface area contributed by atoms with Crippen molar-refractivity contribution in [3.05, 3.63) is 27.7 Å². The molecule has 1 saturated heterocycles. The highest BCUT2D eigenvalue weighted by molar-refractivity contribution is 7.89. The average Bonchev–Trinajstić information content (AvgIpc) is 2.80. The van der Waals surface area contributed by atoms with Crippen LogP contribution in [0.25, 0.3) is 0 Å². The van der Waals surface area contributed by atoms with Gasteiger partial charge in [-0.15, -0.1) is 0 Å². The maximum Gasteiger partial charge on any atom is 0.244 e. The van der Waals surface area contributed by atoms with E-state index in [0.717, 1.165) is 12.0 Å². The first kappa shape index (κ1) is 16.0. The Bertz CT molecular complexity index is 605. The molecule has 1 aromatic rings. The predicted molar refractivity (Wildman–Crippen MR) is 81.8 cm³/mol. The van der Waals surface area contributed by atoms with Crippen LogP contribution in [0.1, 0.15) is 18.9 Å². The van der Waals surface area contributed by atoms with Crippen LogP contribution in [-0.2, 0) is 16.6 Å². The zero-order valence-corrected chi connectivity index (χ0v) is 13.8. The van der Waals surface area contributed by atoms with E-state index in [1.165, 1.54) is 10.4 Å². The number of halogens is 2. The van der Waals surface area contributed by atoms with Crippen molar-refractivity contribution in [2.24, 2.45) is 5.92 Å². The van der Waals surface area contributed by atoms with Gasteiger partial charge in [-0.1, -0.05) is 30.1 Å². The molecule has 1 N–H and O–H groups in total. The molecule has 1 unspecified atom stereocenters. The number of hydrogen-bond acceptors (Lipinski definition) is 3. The highest BCUT2D eigenvalue weighted by atomic mass is 35.5. The van der Waals surface area contributed by atoms with Crippen molar-refractivity contribution < 1.29 is 8.42 Å². The van der Waals surface area contributed by atoms with Crippen molar-refractivity contribution in [2.75, 3.05) is 20.1 Å². The minimum Gasteiger partial charge on any atom is -0.316 e. The van der Waals surface area contributed by atoms with Gasteiger partial charge in [0.1, 0.15) is 4.90 Å². The average molecular weight is 337 g/mol. The van der Waals surface area contributed by atoms with Crippen molar-refractivity contribution in [1.29, 1.82) is 0 Å². The Morgan fingerprint density at radius 2 is 2.05 bits per heavy atom. The van der Waals surface area contributed by atoms with Crippen molar-refractivity contribution in [1.82, 2.24) is 9.62 Å². The van der Waals surface area contributed by atoms with Crippen LogP contribution in [0.4, 0.5) is 0 Å². The third-order valence-electron chi connectivity index (χ3n) is 3.47. The van der Waals surface area contributed by atoms with E-state index in [1.54, 1.807) is 13.1 Å². The summed E-state index contributed by atoms with van der Waals surface area (Å²) < 4.78 is 26.8. The second-order valence-corrected chi connectivity index (χ2v) is 7.88. The van der Waals surface area contributed by atoms with Gasteiger partial charge in [0.2, 0.25) is 10.0 Å². The highest BCUT2D eigenvalue weighted by Gasteiger charge is 2.32. The predicted octanol–water partition coefficient (Wildman–Crippen LogP) is 2.74. The van der Waals surface area contributed by atoms with Gasteiger partial charge in [-0.25, -0.2) is 8.42 Å². The Morgan fingerprint density at radius 1 is 1.35 bits per heavy atom. The monoisotopic (exact) mass is 336 g/mol. The van der Waals surface area contributed by atoms with Gasteiger partial charge in [0, 0.05) is 24.7 Å². The minimum atomic E-state index is -3.54. The number of nitrogens with one attached hydrogen (secondary N) is 1. The van der Waals surface area contributed by atoms with Gasteiger partial charge >= 0.3 is 0 Å². The molecule has 7 heteroatoms. The van der Waals surface area contributed by atoms with E-state index >= 15 is 0 Å². The highest BCUT2D eigenvalue weighted by Crippen LogP contribution is 2.32. The molecule has 0 aliphatic carbocycles. The first-order valence-electron chi connectivity index (χ1n) is 6.49. The van der Waals surface area contributed by atoms with Gasteiger partial charge in [0.15, 0.2) is 0 Å². The fourth-order valence-corrected chi connectivity index (χ4v) is 4.76. The topological polar surface area (TPSA) is 49.4 Å². The van der Waals surface area contributed by atoms with Crippen LogP contribution in [0, 0.1) is 5.92 Å². The molecule has 0 saturated carbocycles. The molecular weight excluding hydrogens is 319 g/mol. The van der Waals surface area contributed by atoms with Crippen LogP contribution in [0.3, 0.4) is 0 Å². The van der Waals surface area contributed by atoms with Gasteiger partial charge in [0.25, 0.3) is 0 Å². The van der Waals surface area contributed by atoms with Gasteiger partial charge in [0.05, 0.1) is 5.02 Å². The second-order valence-electron chi connectivity index (χ2n) is 5.16. The van der Waals surface area contributed by atoms with Gasteiger partial charge in [-0.05, 0) is 37.1 Å². The lowest BCUT2D eigenvalue weighted by molar-refractivity contribution is 0.464. The summed E-state index contributed by atoms with van der Waals surface area (Å²) in [4.78, 5) is 0.142. The van der Waals surface area contributed by atoms with Gasteiger partial charge < -0.3 is 5.32 Å². The van der Waals surface area contributed by atoms with Crippen LogP contribution in [0.5, 0.6) is 0 Å². The molecular formula is C13H18Cl2N2O2S. The Morgan fingerprint density at radius 3 is 2.60 bits per heavy atom. The van der Waals surface area contributed by atoms with E-state index in [4.69, 9.17) is 23.2 Å². The van der Waals surface area contributed by atoms with Crippen LogP contribution < -0.4 is 5.32 Å². The van der Waals surface area contributed by atoms with Gasteiger partial charge in [-0.2, -0.15) is 4.31 Å². The standard InChI is InChI=1S/C13H18Cl2N2O2S/c1-9-3-4-17(8-9)20(18,19)13-5-10(7-16-2)11(14)6-12(13)15/h5-6,9,16H,3-4,7-8H2,1-2H3. The quantitative estimate of drug-likeness (QED) is 0.919. The molecule has 1 aliphatic heterocycles. The van der Waals surface area contributed by atoms with Crippen LogP contribution in [-0.4, -0.2) is 32.9 Å². The third kappa shape index (κ3) is 3.12. The third-order valence-corrected chi connectivity index (χ3v) is 6.15. The maximum atomic E-state index is 12.6. The summed E-state index contributed by atoms with van der Waals surface area (Å²) >= 11 is 12.2.